The number of nitrogens with two attached hydrogens (primary N) is 2. The molecule has 11 heteroatoms. The monoisotopic (exact) mass is 413 g/mol. The number of aliphatic hydroxyl groups excluding tert-OH is 2. The second-order valence-corrected chi connectivity index (χ2v) is 7.69. The summed E-state index contributed by atoms with van der Waals surface area (Å²) >= 11 is 0. The van der Waals surface area contributed by atoms with Crippen LogP contribution < -0.4 is 16.8 Å². The average Bonchev–Trinajstić information content (AvgIpc) is 3.33. The van der Waals surface area contributed by atoms with Crippen molar-refractivity contribution in [2.24, 2.45) is 11.5 Å². The number of likely N-dealkylation sites (tertiary alicyclic amines) is 2. The lowest BCUT2D eigenvalue weighted by Crippen LogP contribution is -2.55. The van der Waals surface area contributed by atoms with Crippen molar-refractivity contribution in [3.63, 3.8) is 0 Å². The average molecular weight is 413 g/mol. The number of nitrogens with one attached hydrogen (secondary N) is 1. The Hall–Kier alpha value is -2.24. The minimum absolute atomic E-state index is 0.0244. The SMILES string of the molecule is C[C@@H](O)[C@H](N)C(=O)N1CCC[C@H]1C(=O)N1CCC[C@H]1CC(=O)N[C@@H](CO)C(N)=O. The van der Waals surface area contributed by atoms with Crippen LogP contribution in [-0.4, -0.2) is 93.6 Å². The van der Waals surface area contributed by atoms with Crippen LogP contribution >= 0.6 is 0 Å². The molecule has 0 unspecified atom stereocenters. The molecule has 2 aliphatic heterocycles. The number of amides is 4. The third-order valence-corrected chi connectivity index (χ3v) is 5.57. The van der Waals surface area contributed by atoms with Crippen LogP contribution in [0.1, 0.15) is 39.0 Å². The summed E-state index contributed by atoms with van der Waals surface area (Å²) in [6.07, 6.45) is 1.45. The van der Waals surface area contributed by atoms with Gasteiger partial charge in [0.05, 0.1) is 12.7 Å². The highest BCUT2D eigenvalue weighted by molar-refractivity contribution is 5.91. The van der Waals surface area contributed by atoms with Gasteiger partial charge in [-0.1, -0.05) is 0 Å². The van der Waals surface area contributed by atoms with Crippen molar-refractivity contribution < 1.29 is 29.4 Å². The number of nitrogens with zero attached hydrogens (tertiary/aromatic N) is 2. The smallest absolute Gasteiger partial charge is 0.245 e. The van der Waals surface area contributed by atoms with E-state index in [0.717, 1.165) is 6.42 Å². The molecule has 2 aliphatic rings. The molecule has 2 fully saturated rings. The summed E-state index contributed by atoms with van der Waals surface area (Å²) in [6.45, 7) is 1.69. The van der Waals surface area contributed by atoms with Gasteiger partial charge in [0.2, 0.25) is 23.6 Å². The Bertz CT molecular complexity index is 642. The van der Waals surface area contributed by atoms with E-state index >= 15 is 0 Å². The molecule has 0 spiro atoms. The van der Waals surface area contributed by atoms with E-state index in [0.29, 0.717) is 32.4 Å². The predicted molar refractivity (Wildman–Crippen MR) is 102 cm³/mol. The third-order valence-electron chi connectivity index (χ3n) is 5.57. The highest BCUT2D eigenvalue weighted by Gasteiger charge is 2.42. The van der Waals surface area contributed by atoms with Gasteiger partial charge in [-0.05, 0) is 32.6 Å². The Balaban J connectivity index is 2.02. The van der Waals surface area contributed by atoms with E-state index in [2.05, 4.69) is 5.32 Å². The van der Waals surface area contributed by atoms with Crippen LogP contribution in [0.4, 0.5) is 0 Å². The Kier molecular flexibility index (Phi) is 7.94. The fourth-order valence-electron chi connectivity index (χ4n) is 3.89. The first-order valence-electron chi connectivity index (χ1n) is 9.91. The van der Waals surface area contributed by atoms with Crippen LogP contribution in [-0.2, 0) is 19.2 Å². The van der Waals surface area contributed by atoms with Gasteiger partial charge in [0.1, 0.15) is 18.1 Å². The van der Waals surface area contributed by atoms with E-state index in [1.165, 1.54) is 11.8 Å². The van der Waals surface area contributed by atoms with Gasteiger partial charge in [-0.3, -0.25) is 19.2 Å². The molecule has 2 heterocycles. The molecule has 0 bridgehead atoms. The predicted octanol–water partition coefficient (Wildman–Crippen LogP) is -2.97. The summed E-state index contributed by atoms with van der Waals surface area (Å²) in [5.41, 5.74) is 10.9. The van der Waals surface area contributed by atoms with Crippen molar-refractivity contribution in [2.75, 3.05) is 19.7 Å². The summed E-state index contributed by atoms with van der Waals surface area (Å²) in [5, 5.41) is 21.1. The van der Waals surface area contributed by atoms with Gasteiger partial charge in [-0.2, -0.15) is 0 Å². The summed E-state index contributed by atoms with van der Waals surface area (Å²) in [5.74, 6) is -2.02. The fraction of sp³-hybridized carbons (Fsp3) is 0.778. The standard InChI is InChI=1S/C18H31N5O6/c1-10(25)15(19)18(29)23-7-3-5-13(23)17(28)22-6-2-4-11(22)8-14(26)21-12(9-24)16(20)27/h10-13,15,24-25H,2-9,19H2,1H3,(H2,20,27)(H,21,26)/t10-,11+,12+,13+,15+/m1/s1. The molecule has 11 nitrogen and oxygen atoms in total. The normalized spacial score (nSPS) is 24.8. The molecule has 0 aromatic rings. The van der Waals surface area contributed by atoms with Crippen molar-refractivity contribution in [1.82, 2.24) is 15.1 Å². The zero-order valence-corrected chi connectivity index (χ0v) is 16.6. The van der Waals surface area contributed by atoms with Gasteiger partial charge in [-0.25, -0.2) is 0 Å². The molecule has 2 saturated heterocycles. The van der Waals surface area contributed by atoms with E-state index in [4.69, 9.17) is 16.6 Å². The number of carbonyl (C=O) groups is 4. The number of hydrogen-bond acceptors (Lipinski definition) is 7. The van der Waals surface area contributed by atoms with E-state index in [-0.39, 0.29) is 18.4 Å². The van der Waals surface area contributed by atoms with E-state index < -0.39 is 48.6 Å². The maximum atomic E-state index is 13.1. The number of carbonyl (C=O) groups excluding carboxylic acids is 4. The first kappa shape index (κ1) is 23.0. The lowest BCUT2D eigenvalue weighted by molar-refractivity contribution is -0.146. The van der Waals surface area contributed by atoms with Crippen LogP contribution in [0, 0.1) is 0 Å². The summed E-state index contributed by atoms with van der Waals surface area (Å²) in [7, 11) is 0. The van der Waals surface area contributed by atoms with Crippen LogP contribution in [0.3, 0.4) is 0 Å². The zero-order valence-electron chi connectivity index (χ0n) is 16.6. The Morgan fingerprint density at radius 2 is 1.76 bits per heavy atom. The van der Waals surface area contributed by atoms with E-state index in [1.54, 1.807) is 4.90 Å². The molecular weight excluding hydrogens is 382 g/mol. The molecule has 0 aromatic heterocycles. The van der Waals surface area contributed by atoms with Gasteiger partial charge in [-0.15, -0.1) is 0 Å². The van der Waals surface area contributed by atoms with Crippen molar-refractivity contribution in [3.8, 4) is 0 Å². The first-order valence-corrected chi connectivity index (χ1v) is 9.91. The molecule has 0 radical (unpaired) electrons. The highest BCUT2D eigenvalue weighted by atomic mass is 16.3. The van der Waals surface area contributed by atoms with Crippen LogP contribution in [0.15, 0.2) is 0 Å². The van der Waals surface area contributed by atoms with Crippen LogP contribution in [0.5, 0.6) is 0 Å². The number of hydrogen-bond donors (Lipinski definition) is 5. The molecular formula is C18H31N5O6. The molecule has 29 heavy (non-hydrogen) atoms. The Labute approximate surface area is 169 Å². The maximum Gasteiger partial charge on any atom is 0.245 e. The summed E-state index contributed by atoms with van der Waals surface area (Å²) in [4.78, 5) is 52.1. The fourth-order valence-corrected chi connectivity index (χ4v) is 3.89. The zero-order chi connectivity index (χ0) is 21.7. The molecule has 0 aromatic carbocycles. The largest absolute Gasteiger partial charge is 0.394 e. The molecule has 0 aliphatic carbocycles. The van der Waals surface area contributed by atoms with Gasteiger partial charge in [0.25, 0.3) is 0 Å². The van der Waals surface area contributed by atoms with Crippen molar-refractivity contribution in [2.45, 2.75) is 69.3 Å². The second kappa shape index (κ2) is 9.99. The van der Waals surface area contributed by atoms with Gasteiger partial charge >= 0.3 is 0 Å². The molecule has 5 atom stereocenters. The van der Waals surface area contributed by atoms with Gasteiger partial charge in [0, 0.05) is 25.6 Å². The van der Waals surface area contributed by atoms with Gasteiger partial charge < -0.3 is 36.8 Å². The minimum Gasteiger partial charge on any atom is -0.394 e. The van der Waals surface area contributed by atoms with E-state index in [1.807, 2.05) is 0 Å². The van der Waals surface area contributed by atoms with Crippen LogP contribution in [0.2, 0.25) is 0 Å². The van der Waals surface area contributed by atoms with E-state index in [9.17, 15) is 24.3 Å². The van der Waals surface area contributed by atoms with Crippen molar-refractivity contribution in [3.05, 3.63) is 0 Å². The lowest BCUT2D eigenvalue weighted by atomic mass is 10.1. The van der Waals surface area contributed by atoms with Crippen LogP contribution in [0.25, 0.3) is 0 Å². The van der Waals surface area contributed by atoms with Gasteiger partial charge in [0.15, 0.2) is 0 Å². The summed E-state index contributed by atoms with van der Waals surface area (Å²) < 4.78 is 0. The number of rotatable bonds is 8. The third kappa shape index (κ3) is 5.43. The highest BCUT2D eigenvalue weighted by Crippen LogP contribution is 2.26. The molecule has 0 saturated carbocycles. The lowest BCUT2D eigenvalue weighted by Gasteiger charge is -2.33. The molecule has 2 rings (SSSR count). The quantitative estimate of drug-likeness (QED) is 0.282. The number of aliphatic hydroxyl groups is 2. The topological polar surface area (TPSA) is 179 Å². The van der Waals surface area contributed by atoms with Crippen molar-refractivity contribution in [1.29, 1.82) is 0 Å². The summed E-state index contributed by atoms with van der Waals surface area (Å²) in [6, 6.07) is -3.28. The minimum atomic E-state index is -1.17. The maximum absolute atomic E-state index is 13.1. The molecule has 7 N–H and O–H groups in total. The first-order chi connectivity index (χ1) is 13.7. The molecule has 164 valence electrons. The Morgan fingerprint density at radius 1 is 1.14 bits per heavy atom. The second-order valence-electron chi connectivity index (χ2n) is 7.69. The Morgan fingerprint density at radius 3 is 2.34 bits per heavy atom. The van der Waals surface area contributed by atoms with Crippen molar-refractivity contribution >= 4 is 23.6 Å². The molecule has 4 amide bonds. The number of primary amides is 1.